The lowest BCUT2D eigenvalue weighted by molar-refractivity contribution is 0.0306. The lowest BCUT2D eigenvalue weighted by Crippen LogP contribution is -2.40. The number of morpholine rings is 1. The number of halogens is 1. The second kappa shape index (κ2) is 6.67. The van der Waals surface area contributed by atoms with Gasteiger partial charge in [0.25, 0.3) is 5.91 Å². The Kier molecular flexibility index (Phi) is 4.79. The highest BCUT2D eigenvalue weighted by Gasteiger charge is 2.25. The van der Waals surface area contributed by atoms with E-state index in [0.717, 1.165) is 25.0 Å². The minimum atomic E-state index is 0.0665. The molecule has 23 heavy (non-hydrogen) atoms. The van der Waals surface area contributed by atoms with E-state index in [1.807, 2.05) is 17.9 Å². The monoisotopic (exact) mass is 399 g/mol. The van der Waals surface area contributed by atoms with Gasteiger partial charge in [-0.2, -0.15) is 0 Å². The molecule has 1 aromatic heterocycles. The van der Waals surface area contributed by atoms with Gasteiger partial charge in [0.15, 0.2) is 11.5 Å². The summed E-state index contributed by atoms with van der Waals surface area (Å²) in [4.78, 5) is 15.4. The molecule has 0 spiro atoms. The molecule has 1 aliphatic rings. The van der Waals surface area contributed by atoms with E-state index >= 15 is 0 Å². The highest BCUT2D eigenvalue weighted by Crippen LogP contribution is 2.46. The molecular formula is C16H18BrNO4S. The Bertz CT molecular complexity index is 752. The van der Waals surface area contributed by atoms with Crippen LogP contribution in [0.1, 0.15) is 15.2 Å². The molecule has 124 valence electrons. The molecule has 2 heterocycles. The Hall–Kier alpha value is -1.31. The van der Waals surface area contributed by atoms with E-state index in [1.165, 1.54) is 11.3 Å². The lowest BCUT2D eigenvalue weighted by atomic mass is 10.1. The van der Waals surface area contributed by atoms with Crippen LogP contribution in [0.4, 0.5) is 0 Å². The van der Waals surface area contributed by atoms with Gasteiger partial charge in [0.2, 0.25) is 0 Å². The van der Waals surface area contributed by atoms with Crippen LogP contribution in [-0.2, 0) is 4.74 Å². The van der Waals surface area contributed by atoms with E-state index in [2.05, 4.69) is 15.9 Å². The summed E-state index contributed by atoms with van der Waals surface area (Å²) in [5.41, 5.74) is 0.967. The number of hydrogen-bond acceptors (Lipinski definition) is 5. The highest BCUT2D eigenvalue weighted by atomic mass is 79.9. The molecule has 1 fully saturated rings. The fourth-order valence-corrected chi connectivity index (χ4v) is 4.99. The summed E-state index contributed by atoms with van der Waals surface area (Å²) in [5.74, 6) is 1.36. The van der Waals surface area contributed by atoms with Crippen molar-refractivity contribution >= 4 is 43.3 Å². The number of fused-ring (bicyclic) bond motifs is 1. The van der Waals surface area contributed by atoms with Crippen LogP contribution >= 0.6 is 27.3 Å². The maximum absolute atomic E-state index is 12.8. The number of rotatable bonds is 3. The smallest absolute Gasteiger partial charge is 0.264 e. The number of aryl methyl sites for hydroxylation is 1. The first-order valence-electron chi connectivity index (χ1n) is 7.29. The SMILES string of the molecule is COc1cc2sc(C(=O)N3CCOCC3)c(C)c2c(Br)c1OC. The predicted molar refractivity (Wildman–Crippen MR) is 94.1 cm³/mol. The third-order valence-corrected chi connectivity index (χ3v) is 5.98. The molecule has 5 nitrogen and oxygen atoms in total. The van der Waals surface area contributed by atoms with Crippen LogP contribution in [-0.4, -0.2) is 51.3 Å². The summed E-state index contributed by atoms with van der Waals surface area (Å²) >= 11 is 5.09. The molecule has 0 N–H and O–H groups in total. The van der Waals surface area contributed by atoms with Gasteiger partial charge in [0.05, 0.1) is 36.8 Å². The maximum Gasteiger partial charge on any atom is 0.264 e. The van der Waals surface area contributed by atoms with Gasteiger partial charge in [0.1, 0.15) is 0 Å². The van der Waals surface area contributed by atoms with Crippen LogP contribution in [0, 0.1) is 6.92 Å². The molecule has 0 radical (unpaired) electrons. The van der Waals surface area contributed by atoms with E-state index in [4.69, 9.17) is 14.2 Å². The molecule has 0 atom stereocenters. The number of carbonyl (C=O) groups is 1. The second-order valence-corrected chi connectivity index (χ2v) is 7.11. The van der Waals surface area contributed by atoms with Gasteiger partial charge in [-0.15, -0.1) is 11.3 Å². The van der Waals surface area contributed by atoms with Crippen LogP contribution in [0.5, 0.6) is 11.5 Å². The number of nitrogens with zero attached hydrogens (tertiary/aromatic N) is 1. The first-order chi connectivity index (χ1) is 11.1. The van der Waals surface area contributed by atoms with Crippen LogP contribution in [0.25, 0.3) is 10.1 Å². The number of ether oxygens (including phenoxy) is 3. The molecule has 0 unspecified atom stereocenters. The Morgan fingerprint density at radius 3 is 2.61 bits per heavy atom. The van der Waals surface area contributed by atoms with Gasteiger partial charge in [-0.1, -0.05) is 0 Å². The standard InChI is InChI=1S/C16H18BrNO4S/c1-9-12-11(8-10(20-2)14(21-3)13(12)17)23-15(9)16(19)18-4-6-22-7-5-18/h8H,4-7H2,1-3H3. The van der Waals surface area contributed by atoms with E-state index < -0.39 is 0 Å². The summed E-state index contributed by atoms with van der Waals surface area (Å²) in [6.45, 7) is 4.45. The lowest BCUT2D eigenvalue weighted by Gasteiger charge is -2.26. The van der Waals surface area contributed by atoms with Crippen molar-refractivity contribution < 1.29 is 19.0 Å². The van der Waals surface area contributed by atoms with Crippen LogP contribution < -0.4 is 9.47 Å². The number of hydrogen-bond donors (Lipinski definition) is 0. The molecule has 0 aliphatic carbocycles. The van der Waals surface area contributed by atoms with Crippen molar-refractivity contribution in [3.8, 4) is 11.5 Å². The highest BCUT2D eigenvalue weighted by molar-refractivity contribution is 9.10. The molecule has 1 aliphatic heterocycles. The van der Waals surface area contributed by atoms with Gasteiger partial charge in [-0.3, -0.25) is 4.79 Å². The Morgan fingerprint density at radius 1 is 1.30 bits per heavy atom. The quantitative estimate of drug-likeness (QED) is 0.792. The fraction of sp³-hybridized carbons (Fsp3) is 0.438. The van der Waals surface area contributed by atoms with Gasteiger partial charge in [-0.25, -0.2) is 0 Å². The summed E-state index contributed by atoms with van der Waals surface area (Å²) in [6, 6.07) is 1.92. The molecule has 3 rings (SSSR count). The van der Waals surface area contributed by atoms with Crippen LogP contribution in [0.15, 0.2) is 10.5 Å². The van der Waals surface area contributed by atoms with Crippen molar-refractivity contribution in [1.82, 2.24) is 4.90 Å². The average Bonchev–Trinajstić information content (AvgIpc) is 2.91. The molecule has 0 bridgehead atoms. The molecule has 0 saturated carbocycles. The minimum absolute atomic E-state index is 0.0665. The summed E-state index contributed by atoms with van der Waals surface area (Å²) in [6.07, 6.45) is 0. The fourth-order valence-electron chi connectivity index (χ4n) is 2.77. The van der Waals surface area contributed by atoms with Crippen molar-refractivity contribution in [2.75, 3.05) is 40.5 Å². The largest absolute Gasteiger partial charge is 0.493 e. The predicted octanol–water partition coefficient (Wildman–Crippen LogP) is 3.46. The van der Waals surface area contributed by atoms with Gasteiger partial charge < -0.3 is 19.1 Å². The molecule has 1 aromatic carbocycles. The number of benzene rings is 1. The molecule has 1 amide bonds. The first kappa shape index (κ1) is 16.5. The first-order valence-corrected chi connectivity index (χ1v) is 8.90. The van der Waals surface area contributed by atoms with Gasteiger partial charge >= 0.3 is 0 Å². The number of methoxy groups -OCH3 is 2. The van der Waals surface area contributed by atoms with Crippen molar-refractivity contribution in [2.24, 2.45) is 0 Å². The summed E-state index contributed by atoms with van der Waals surface area (Å²) in [5, 5.41) is 1.00. The van der Waals surface area contributed by atoms with E-state index in [1.54, 1.807) is 14.2 Å². The minimum Gasteiger partial charge on any atom is -0.493 e. The van der Waals surface area contributed by atoms with Crippen molar-refractivity contribution in [2.45, 2.75) is 6.92 Å². The van der Waals surface area contributed by atoms with Crippen molar-refractivity contribution in [3.63, 3.8) is 0 Å². The summed E-state index contributed by atoms with van der Waals surface area (Å²) < 4.78 is 18.0. The van der Waals surface area contributed by atoms with Gasteiger partial charge in [-0.05, 0) is 28.4 Å². The zero-order valence-electron chi connectivity index (χ0n) is 13.3. The Morgan fingerprint density at radius 2 is 2.00 bits per heavy atom. The summed E-state index contributed by atoms with van der Waals surface area (Å²) in [7, 11) is 3.21. The zero-order valence-corrected chi connectivity index (χ0v) is 15.7. The Labute approximate surface area is 147 Å². The van der Waals surface area contributed by atoms with Crippen molar-refractivity contribution in [3.05, 3.63) is 21.0 Å². The molecule has 1 saturated heterocycles. The third-order valence-electron chi connectivity index (χ3n) is 4.00. The van der Waals surface area contributed by atoms with Crippen molar-refractivity contribution in [1.29, 1.82) is 0 Å². The third kappa shape index (κ3) is 2.81. The number of amides is 1. The second-order valence-electron chi connectivity index (χ2n) is 5.26. The Balaban J connectivity index is 2.11. The van der Waals surface area contributed by atoms with E-state index in [9.17, 15) is 4.79 Å². The number of carbonyl (C=O) groups excluding carboxylic acids is 1. The topological polar surface area (TPSA) is 48.0 Å². The molecular weight excluding hydrogens is 382 g/mol. The van der Waals surface area contributed by atoms with Crippen LogP contribution in [0.2, 0.25) is 0 Å². The van der Waals surface area contributed by atoms with E-state index in [-0.39, 0.29) is 5.91 Å². The van der Waals surface area contributed by atoms with E-state index in [0.29, 0.717) is 37.8 Å². The number of thiophene rings is 1. The van der Waals surface area contributed by atoms with Gasteiger partial charge in [0, 0.05) is 29.2 Å². The molecule has 2 aromatic rings. The normalized spacial score (nSPS) is 15.0. The zero-order chi connectivity index (χ0) is 16.6. The molecule has 7 heteroatoms. The maximum atomic E-state index is 12.8. The average molecular weight is 400 g/mol. The van der Waals surface area contributed by atoms with Crippen LogP contribution in [0.3, 0.4) is 0 Å².